The Morgan fingerprint density at radius 2 is 2.20 bits per heavy atom. The lowest BCUT2D eigenvalue weighted by atomic mass is 10.1. The Labute approximate surface area is 114 Å². The van der Waals surface area contributed by atoms with Gasteiger partial charge in [0.05, 0.1) is 11.5 Å². The van der Waals surface area contributed by atoms with Crippen molar-refractivity contribution in [3.05, 3.63) is 22.5 Å². The van der Waals surface area contributed by atoms with Gasteiger partial charge < -0.3 is 19.3 Å². The lowest BCUT2D eigenvalue weighted by molar-refractivity contribution is -0.385. The highest BCUT2D eigenvalue weighted by atomic mass is 16.8. The molecule has 0 bridgehead atoms. The van der Waals surface area contributed by atoms with Crippen LogP contribution in [0.3, 0.4) is 0 Å². The molecule has 110 valence electrons. The number of nitrogens with zero attached hydrogens (tertiary/aromatic N) is 3. The smallest absolute Gasteiger partial charge is 0.307 e. The minimum Gasteiger partial charge on any atom is -0.394 e. The van der Waals surface area contributed by atoms with Gasteiger partial charge in [-0.2, -0.15) is 5.10 Å². The van der Waals surface area contributed by atoms with Crippen molar-refractivity contribution in [2.45, 2.75) is 44.2 Å². The van der Waals surface area contributed by atoms with Crippen molar-refractivity contribution < 1.29 is 24.2 Å². The number of aliphatic hydroxyl groups is 1. The molecular formula is C11H15N3O6. The van der Waals surface area contributed by atoms with E-state index >= 15 is 0 Å². The van der Waals surface area contributed by atoms with E-state index in [2.05, 4.69) is 5.10 Å². The first-order chi connectivity index (χ1) is 9.41. The lowest BCUT2D eigenvalue weighted by Gasteiger charge is -2.23. The molecule has 9 nitrogen and oxygen atoms in total. The third kappa shape index (κ3) is 2.08. The first-order valence-corrected chi connectivity index (χ1v) is 6.22. The summed E-state index contributed by atoms with van der Waals surface area (Å²) in [7, 11) is 0. The van der Waals surface area contributed by atoms with Crippen LogP contribution >= 0.6 is 0 Å². The van der Waals surface area contributed by atoms with E-state index in [1.807, 2.05) is 0 Å². The summed E-state index contributed by atoms with van der Waals surface area (Å²) in [4.78, 5) is 10.2. The number of nitro groups is 1. The van der Waals surface area contributed by atoms with Gasteiger partial charge in [-0.15, -0.1) is 0 Å². The van der Waals surface area contributed by atoms with E-state index in [9.17, 15) is 15.2 Å². The molecule has 2 fully saturated rings. The van der Waals surface area contributed by atoms with Crippen molar-refractivity contribution >= 4 is 5.69 Å². The number of aliphatic hydroxyl groups excluding tert-OH is 1. The zero-order valence-corrected chi connectivity index (χ0v) is 11.0. The van der Waals surface area contributed by atoms with E-state index in [1.165, 1.54) is 10.9 Å². The maximum absolute atomic E-state index is 10.7. The summed E-state index contributed by atoms with van der Waals surface area (Å²) in [5, 5.41) is 24.0. The molecule has 1 aromatic rings. The third-order valence-electron chi connectivity index (χ3n) is 3.36. The third-order valence-corrected chi connectivity index (χ3v) is 3.36. The van der Waals surface area contributed by atoms with Gasteiger partial charge in [0, 0.05) is 0 Å². The molecule has 1 N–H and O–H groups in total. The van der Waals surface area contributed by atoms with Crippen molar-refractivity contribution in [1.82, 2.24) is 9.78 Å². The molecule has 20 heavy (non-hydrogen) atoms. The summed E-state index contributed by atoms with van der Waals surface area (Å²) in [6, 6.07) is 0. The molecule has 0 radical (unpaired) electrons. The highest BCUT2D eigenvalue weighted by molar-refractivity contribution is 5.21. The van der Waals surface area contributed by atoms with E-state index in [1.54, 1.807) is 13.8 Å². The number of hydrogen-bond donors (Lipinski definition) is 1. The van der Waals surface area contributed by atoms with Crippen LogP contribution in [0.4, 0.5) is 5.69 Å². The van der Waals surface area contributed by atoms with E-state index in [0.29, 0.717) is 0 Å². The molecule has 4 atom stereocenters. The summed E-state index contributed by atoms with van der Waals surface area (Å²) < 4.78 is 18.4. The van der Waals surface area contributed by atoms with E-state index in [4.69, 9.17) is 14.2 Å². The van der Waals surface area contributed by atoms with Crippen molar-refractivity contribution in [3.63, 3.8) is 0 Å². The maximum Gasteiger partial charge on any atom is 0.307 e. The molecule has 2 aliphatic heterocycles. The molecular weight excluding hydrogens is 270 g/mol. The first kappa shape index (κ1) is 13.4. The Morgan fingerprint density at radius 1 is 1.50 bits per heavy atom. The second-order valence-electron chi connectivity index (χ2n) is 5.25. The minimum atomic E-state index is -0.788. The number of aromatic nitrogens is 2. The average molecular weight is 285 g/mol. The normalized spacial score (nSPS) is 35.1. The zero-order chi connectivity index (χ0) is 14.5. The van der Waals surface area contributed by atoms with Crippen molar-refractivity contribution in [3.8, 4) is 0 Å². The van der Waals surface area contributed by atoms with Gasteiger partial charge in [-0.25, -0.2) is 4.68 Å². The first-order valence-electron chi connectivity index (χ1n) is 6.22. The highest BCUT2D eigenvalue weighted by Gasteiger charge is 2.56. The second-order valence-corrected chi connectivity index (χ2v) is 5.25. The number of rotatable bonds is 3. The Morgan fingerprint density at radius 3 is 2.80 bits per heavy atom. The standard InChI is InChI=1S/C11H15N3O6/c1-11(2)19-8-7(5-15)18-10(9(8)20-11)13-4-6(3-12-13)14(16)17/h3-4,7-10,15H,5H2,1-2H3/t7-,8-,9-,10+/m1/s1. The van der Waals surface area contributed by atoms with Crippen LogP contribution in [0.25, 0.3) is 0 Å². The van der Waals surface area contributed by atoms with E-state index in [-0.39, 0.29) is 12.3 Å². The van der Waals surface area contributed by atoms with Crippen LogP contribution in [0.1, 0.15) is 20.1 Å². The SMILES string of the molecule is CC1(C)O[C@@H]2[C@H](O1)[C@@H](CO)O[C@@H]2n1cc([N+](=O)[O-])cn1. The van der Waals surface area contributed by atoms with Crippen molar-refractivity contribution in [1.29, 1.82) is 0 Å². The highest BCUT2D eigenvalue weighted by Crippen LogP contribution is 2.42. The zero-order valence-electron chi connectivity index (χ0n) is 11.0. The van der Waals surface area contributed by atoms with Gasteiger partial charge in [-0.3, -0.25) is 10.1 Å². The second kappa shape index (κ2) is 4.48. The Balaban J connectivity index is 1.87. The molecule has 0 saturated carbocycles. The summed E-state index contributed by atoms with van der Waals surface area (Å²) in [5.74, 6) is -0.788. The van der Waals surface area contributed by atoms with Crippen LogP contribution in [-0.4, -0.2) is 50.5 Å². The van der Waals surface area contributed by atoms with Crippen LogP contribution in [0, 0.1) is 10.1 Å². The molecule has 1 aromatic heterocycles. The van der Waals surface area contributed by atoms with Gasteiger partial charge in [0.15, 0.2) is 12.0 Å². The fourth-order valence-corrected chi connectivity index (χ4v) is 2.58. The summed E-state index contributed by atoms with van der Waals surface area (Å²) in [6.45, 7) is 3.31. The quantitative estimate of drug-likeness (QED) is 0.624. The Hall–Kier alpha value is -1.55. The monoisotopic (exact) mass is 285 g/mol. The maximum atomic E-state index is 10.7. The van der Waals surface area contributed by atoms with Crippen molar-refractivity contribution in [2.24, 2.45) is 0 Å². The number of fused-ring (bicyclic) bond motifs is 1. The van der Waals surface area contributed by atoms with Crippen LogP contribution < -0.4 is 0 Å². The van der Waals surface area contributed by atoms with E-state index in [0.717, 1.165) is 6.20 Å². The molecule has 2 saturated heterocycles. The van der Waals surface area contributed by atoms with Gasteiger partial charge >= 0.3 is 5.69 Å². The molecule has 3 rings (SSSR count). The molecule has 9 heteroatoms. The lowest BCUT2D eigenvalue weighted by Crippen LogP contribution is -2.31. The van der Waals surface area contributed by atoms with Gasteiger partial charge in [0.2, 0.25) is 0 Å². The predicted octanol–water partition coefficient (Wildman–Crippen LogP) is 0.201. The van der Waals surface area contributed by atoms with Gasteiger partial charge in [-0.05, 0) is 13.8 Å². The average Bonchev–Trinajstić information content (AvgIpc) is 3.01. The number of ether oxygens (including phenoxy) is 3. The largest absolute Gasteiger partial charge is 0.394 e. The fraction of sp³-hybridized carbons (Fsp3) is 0.727. The fourth-order valence-electron chi connectivity index (χ4n) is 2.58. The molecule has 0 aliphatic carbocycles. The molecule has 2 aliphatic rings. The Kier molecular flexibility index (Phi) is 3.01. The molecule has 0 spiro atoms. The van der Waals surface area contributed by atoms with Crippen LogP contribution in [0.15, 0.2) is 12.4 Å². The van der Waals surface area contributed by atoms with Crippen LogP contribution in [0.2, 0.25) is 0 Å². The topological polar surface area (TPSA) is 109 Å². The molecule has 0 amide bonds. The molecule has 0 aromatic carbocycles. The summed E-state index contributed by atoms with van der Waals surface area (Å²) in [5.41, 5.74) is -0.129. The Bertz CT molecular complexity index is 530. The number of hydrogen-bond acceptors (Lipinski definition) is 7. The summed E-state index contributed by atoms with van der Waals surface area (Å²) in [6.07, 6.45) is 0.314. The molecule has 0 unspecified atom stereocenters. The van der Waals surface area contributed by atoms with E-state index < -0.39 is 35.3 Å². The molecule has 3 heterocycles. The van der Waals surface area contributed by atoms with Gasteiger partial charge in [-0.1, -0.05) is 0 Å². The van der Waals surface area contributed by atoms with Gasteiger partial charge in [0.25, 0.3) is 0 Å². The minimum absolute atomic E-state index is 0.129. The van der Waals surface area contributed by atoms with Gasteiger partial charge in [0.1, 0.15) is 30.7 Å². The van der Waals surface area contributed by atoms with Crippen LogP contribution in [0.5, 0.6) is 0 Å². The summed E-state index contributed by atoms with van der Waals surface area (Å²) >= 11 is 0. The van der Waals surface area contributed by atoms with Crippen molar-refractivity contribution in [2.75, 3.05) is 6.61 Å². The van der Waals surface area contributed by atoms with Crippen LogP contribution in [-0.2, 0) is 14.2 Å². The predicted molar refractivity (Wildman–Crippen MR) is 63.7 cm³/mol.